The molecule has 0 N–H and O–H groups in total. The van der Waals surface area contributed by atoms with E-state index >= 15 is 0 Å². The van der Waals surface area contributed by atoms with Crippen LogP contribution in [0, 0.1) is 5.82 Å². The van der Waals surface area contributed by atoms with Gasteiger partial charge >= 0.3 is 0 Å². The summed E-state index contributed by atoms with van der Waals surface area (Å²) in [6.45, 7) is 11.2. The highest BCUT2D eigenvalue weighted by atomic mass is 35.5. The molecule has 0 radical (unpaired) electrons. The van der Waals surface area contributed by atoms with Gasteiger partial charge in [0.1, 0.15) is 5.82 Å². The average Bonchev–Trinajstić information content (AvgIpc) is 3.25. The molecular weight excluding hydrogens is 511 g/mol. The number of fused-ring (bicyclic) bond motifs is 1. The molecule has 0 fully saturated rings. The van der Waals surface area contributed by atoms with Crippen molar-refractivity contribution in [1.29, 1.82) is 0 Å². The summed E-state index contributed by atoms with van der Waals surface area (Å²) in [6, 6.07) is 10.4. The van der Waals surface area contributed by atoms with Gasteiger partial charge < -0.3 is 4.90 Å². The van der Waals surface area contributed by atoms with Gasteiger partial charge in [-0.3, -0.25) is 9.69 Å². The first-order valence-electron chi connectivity index (χ1n) is 11.5. The third kappa shape index (κ3) is 6.56. The monoisotopic (exact) mass is 542 g/mol. The van der Waals surface area contributed by atoms with Crippen molar-refractivity contribution < 1.29 is 17.6 Å². The van der Waals surface area contributed by atoms with Crippen LogP contribution in [0.1, 0.15) is 38.1 Å². The van der Waals surface area contributed by atoms with Crippen LogP contribution in [0.25, 0.3) is 10.2 Å². The van der Waals surface area contributed by atoms with Crippen LogP contribution in [-0.2, 0) is 10.0 Å². The second-order valence-electron chi connectivity index (χ2n) is 7.71. The quantitative estimate of drug-likeness (QED) is 0.345. The number of carbonyl (C=O) groups excluding carboxylic acids is 1. The van der Waals surface area contributed by atoms with Gasteiger partial charge in [-0.1, -0.05) is 39.0 Å². The molecule has 0 bridgehead atoms. The molecule has 7 nitrogen and oxygen atoms in total. The number of rotatable bonds is 11. The van der Waals surface area contributed by atoms with Crippen molar-refractivity contribution in [3.8, 4) is 0 Å². The second kappa shape index (κ2) is 12.7. The Hall–Kier alpha value is -2.11. The lowest BCUT2D eigenvalue weighted by atomic mass is 10.2. The first-order valence-corrected chi connectivity index (χ1v) is 13.7. The van der Waals surface area contributed by atoms with E-state index in [9.17, 15) is 17.6 Å². The van der Waals surface area contributed by atoms with E-state index < -0.39 is 10.0 Å². The highest BCUT2D eigenvalue weighted by molar-refractivity contribution is 7.89. The molecule has 0 unspecified atom stereocenters. The van der Waals surface area contributed by atoms with E-state index in [1.165, 1.54) is 52.0 Å². The molecule has 192 valence electrons. The van der Waals surface area contributed by atoms with Crippen LogP contribution in [0.3, 0.4) is 0 Å². The van der Waals surface area contributed by atoms with Gasteiger partial charge in [0, 0.05) is 31.7 Å². The smallest absolute Gasteiger partial charge is 0.260 e. The standard InChI is InChI=1S/C24H31FN4O3S2.ClH/c1-5-27(6-2)15-16-29(24-26-21-14-11-19(25)17-22(21)33-24)23(30)18-9-12-20(13-10-18)34(31,32)28(7-3)8-4;/h9-14,17H,5-8,15-16H2,1-4H3;1H. The highest BCUT2D eigenvalue weighted by Crippen LogP contribution is 2.30. The summed E-state index contributed by atoms with van der Waals surface area (Å²) in [7, 11) is -3.61. The highest BCUT2D eigenvalue weighted by Gasteiger charge is 2.25. The fourth-order valence-corrected chi connectivity index (χ4v) is 6.18. The number of sulfonamides is 1. The summed E-state index contributed by atoms with van der Waals surface area (Å²) in [5.41, 5.74) is 0.992. The van der Waals surface area contributed by atoms with Gasteiger partial charge in [0.15, 0.2) is 5.13 Å². The summed E-state index contributed by atoms with van der Waals surface area (Å²) in [4.78, 5) is 22.0. The minimum Gasteiger partial charge on any atom is -0.302 e. The molecule has 0 aliphatic rings. The number of nitrogens with zero attached hydrogens (tertiary/aromatic N) is 4. The lowest BCUT2D eigenvalue weighted by Crippen LogP contribution is -2.39. The first-order chi connectivity index (χ1) is 16.2. The number of amides is 1. The Balaban J connectivity index is 0.00000432. The summed E-state index contributed by atoms with van der Waals surface area (Å²) in [6.07, 6.45) is 0. The molecule has 0 aliphatic carbocycles. The molecule has 1 aromatic heterocycles. The maximum absolute atomic E-state index is 13.7. The van der Waals surface area contributed by atoms with Crippen LogP contribution < -0.4 is 4.90 Å². The average molecular weight is 543 g/mol. The van der Waals surface area contributed by atoms with Gasteiger partial charge in [-0.15, -0.1) is 12.4 Å². The van der Waals surface area contributed by atoms with Crippen molar-refractivity contribution in [2.45, 2.75) is 32.6 Å². The third-order valence-electron chi connectivity index (χ3n) is 5.79. The van der Waals surface area contributed by atoms with Crippen LogP contribution in [-0.4, -0.2) is 67.8 Å². The lowest BCUT2D eigenvalue weighted by Gasteiger charge is -2.25. The third-order valence-corrected chi connectivity index (χ3v) is 8.90. The van der Waals surface area contributed by atoms with Crippen LogP contribution in [0.4, 0.5) is 9.52 Å². The van der Waals surface area contributed by atoms with E-state index in [1.807, 2.05) is 0 Å². The molecule has 0 aliphatic heterocycles. The number of hydrogen-bond donors (Lipinski definition) is 0. The number of likely N-dealkylation sites (N-methyl/N-ethyl adjacent to an activating group) is 1. The zero-order valence-electron chi connectivity index (χ0n) is 20.4. The maximum Gasteiger partial charge on any atom is 0.260 e. The molecule has 1 amide bonds. The van der Waals surface area contributed by atoms with E-state index in [2.05, 4.69) is 23.7 Å². The Kier molecular flexibility index (Phi) is 10.6. The number of thiazole rings is 1. The predicted octanol–water partition coefficient (Wildman–Crippen LogP) is 4.88. The Morgan fingerprint density at radius 3 is 2.14 bits per heavy atom. The molecule has 1 heterocycles. The molecular formula is C24H32ClFN4O3S2. The summed E-state index contributed by atoms with van der Waals surface area (Å²) < 4.78 is 41.3. The molecule has 0 saturated heterocycles. The van der Waals surface area contributed by atoms with Gasteiger partial charge in [-0.2, -0.15) is 4.31 Å². The molecule has 2 aromatic carbocycles. The molecule has 3 aromatic rings. The largest absolute Gasteiger partial charge is 0.302 e. The van der Waals surface area contributed by atoms with E-state index in [-0.39, 0.29) is 29.0 Å². The van der Waals surface area contributed by atoms with Crippen molar-refractivity contribution >= 4 is 55.0 Å². The van der Waals surface area contributed by atoms with Crippen molar-refractivity contribution in [3.05, 3.63) is 53.8 Å². The maximum atomic E-state index is 13.7. The summed E-state index contributed by atoms with van der Waals surface area (Å²) >= 11 is 1.26. The predicted molar refractivity (Wildman–Crippen MR) is 143 cm³/mol. The number of anilines is 1. The number of benzene rings is 2. The topological polar surface area (TPSA) is 73.8 Å². The fourth-order valence-electron chi connectivity index (χ4n) is 3.70. The summed E-state index contributed by atoms with van der Waals surface area (Å²) in [5.74, 6) is -0.632. The molecule has 0 spiro atoms. The van der Waals surface area contributed by atoms with Crippen molar-refractivity contribution in [1.82, 2.24) is 14.2 Å². The molecule has 3 rings (SSSR count). The first kappa shape index (κ1) is 29.1. The normalized spacial score (nSPS) is 11.7. The fraction of sp³-hybridized carbons (Fsp3) is 0.417. The van der Waals surface area contributed by atoms with Crippen molar-refractivity contribution in [2.75, 3.05) is 44.2 Å². The molecule has 0 saturated carbocycles. The van der Waals surface area contributed by atoms with Crippen LogP contribution >= 0.6 is 23.7 Å². The van der Waals surface area contributed by atoms with Gasteiger partial charge in [-0.05, 0) is 55.6 Å². The van der Waals surface area contributed by atoms with Gasteiger partial charge in [-0.25, -0.2) is 17.8 Å². The van der Waals surface area contributed by atoms with E-state index in [0.29, 0.717) is 47.1 Å². The van der Waals surface area contributed by atoms with Crippen LogP contribution in [0.5, 0.6) is 0 Å². The summed E-state index contributed by atoms with van der Waals surface area (Å²) in [5, 5.41) is 0.484. The van der Waals surface area contributed by atoms with Crippen molar-refractivity contribution in [3.63, 3.8) is 0 Å². The molecule has 0 atom stereocenters. The zero-order valence-corrected chi connectivity index (χ0v) is 22.8. The van der Waals surface area contributed by atoms with E-state index in [1.54, 1.807) is 24.8 Å². The number of halogens is 2. The zero-order chi connectivity index (χ0) is 24.9. The molecule has 35 heavy (non-hydrogen) atoms. The van der Waals surface area contributed by atoms with Crippen LogP contribution in [0.15, 0.2) is 47.4 Å². The van der Waals surface area contributed by atoms with E-state index in [0.717, 1.165) is 13.1 Å². The Labute approximate surface area is 217 Å². The van der Waals surface area contributed by atoms with Gasteiger partial charge in [0.25, 0.3) is 5.91 Å². The minimum absolute atomic E-state index is 0. The Morgan fingerprint density at radius 2 is 1.57 bits per heavy atom. The number of aromatic nitrogens is 1. The second-order valence-corrected chi connectivity index (χ2v) is 10.7. The Bertz CT molecular complexity index is 1230. The number of hydrogen-bond acceptors (Lipinski definition) is 6. The lowest BCUT2D eigenvalue weighted by molar-refractivity contribution is 0.0983. The van der Waals surface area contributed by atoms with Crippen LogP contribution in [0.2, 0.25) is 0 Å². The molecule has 11 heteroatoms. The van der Waals surface area contributed by atoms with Crippen molar-refractivity contribution in [2.24, 2.45) is 0 Å². The van der Waals surface area contributed by atoms with Gasteiger partial charge in [0.2, 0.25) is 10.0 Å². The van der Waals surface area contributed by atoms with Gasteiger partial charge in [0.05, 0.1) is 15.1 Å². The number of carbonyl (C=O) groups is 1. The SMILES string of the molecule is CCN(CC)CCN(C(=O)c1ccc(S(=O)(=O)N(CC)CC)cc1)c1nc2ccc(F)cc2s1.Cl. The Morgan fingerprint density at radius 1 is 0.943 bits per heavy atom. The van der Waals surface area contributed by atoms with E-state index in [4.69, 9.17) is 0 Å². The minimum atomic E-state index is -3.61.